The van der Waals surface area contributed by atoms with Crippen LogP contribution in [0.2, 0.25) is 0 Å². The van der Waals surface area contributed by atoms with Crippen molar-refractivity contribution in [3.63, 3.8) is 0 Å². The first-order valence-corrected chi connectivity index (χ1v) is 17.7. The number of aliphatic carboxylic acids is 1. The van der Waals surface area contributed by atoms with Gasteiger partial charge in [-0.1, -0.05) is 44.2 Å². The van der Waals surface area contributed by atoms with Crippen molar-refractivity contribution in [1.82, 2.24) is 21.3 Å². The maximum Gasteiger partial charge on any atom is 0.326 e. The first kappa shape index (κ1) is 44.1. The van der Waals surface area contributed by atoms with Crippen molar-refractivity contribution < 1.29 is 38.7 Å². The molecule has 0 spiro atoms. The standard InChI is InChI=1S/C39H54N4O8/c1-5-7-10-19-35(46)40-23-15-14-18-32(39(50)51)42-37(48)22-21-34(45)33(24-28(3)4)43-38(49)30(25-29-16-12-9-13-17-29)26-31(44)27-41-36(47)20-11-8-6-2/h1-2,9,12-13,16-17,28,30,32-33H,7-8,10-11,14-15,18-27H2,3-4H3,(H,40,46)(H,41,47)(H,42,48)(H,43,49)(H,50,51). The summed E-state index contributed by atoms with van der Waals surface area (Å²) in [5.74, 6) is 0.649. The van der Waals surface area contributed by atoms with E-state index in [0.29, 0.717) is 57.9 Å². The zero-order valence-electron chi connectivity index (χ0n) is 30.0. The van der Waals surface area contributed by atoms with E-state index >= 15 is 0 Å². The number of carbonyl (C=O) groups is 7. The smallest absolute Gasteiger partial charge is 0.326 e. The van der Waals surface area contributed by atoms with Gasteiger partial charge in [0.25, 0.3) is 0 Å². The highest BCUT2D eigenvalue weighted by Gasteiger charge is 2.29. The summed E-state index contributed by atoms with van der Waals surface area (Å²) in [4.78, 5) is 88.1. The van der Waals surface area contributed by atoms with E-state index in [1.165, 1.54) is 0 Å². The predicted molar refractivity (Wildman–Crippen MR) is 194 cm³/mol. The fourth-order valence-electron chi connectivity index (χ4n) is 5.25. The number of amides is 4. The molecule has 3 unspecified atom stereocenters. The van der Waals surface area contributed by atoms with Crippen molar-refractivity contribution in [3.8, 4) is 24.7 Å². The fraction of sp³-hybridized carbons (Fsp3) is 0.564. The van der Waals surface area contributed by atoms with Crippen LogP contribution in [-0.2, 0) is 40.0 Å². The average Bonchev–Trinajstić information content (AvgIpc) is 3.08. The van der Waals surface area contributed by atoms with Gasteiger partial charge < -0.3 is 26.4 Å². The molecule has 1 rings (SSSR count). The minimum atomic E-state index is -1.21. The molecule has 1 aromatic carbocycles. The Morgan fingerprint density at radius 1 is 0.745 bits per heavy atom. The first-order valence-electron chi connectivity index (χ1n) is 17.7. The number of carbonyl (C=O) groups excluding carboxylic acids is 6. The SMILES string of the molecule is C#CCCCC(=O)NCCCCC(NC(=O)CCC(=O)C(CC(C)C)NC(=O)C(CC(=O)CNC(=O)CCCC#C)Cc1ccccc1)C(=O)O. The molecule has 12 nitrogen and oxygen atoms in total. The van der Waals surface area contributed by atoms with E-state index in [1.807, 2.05) is 44.2 Å². The number of unbranched alkanes of at least 4 members (excludes halogenated alkanes) is 3. The van der Waals surface area contributed by atoms with Gasteiger partial charge in [0.15, 0.2) is 11.6 Å². The van der Waals surface area contributed by atoms with Crippen LogP contribution >= 0.6 is 0 Å². The molecule has 0 radical (unpaired) electrons. The highest BCUT2D eigenvalue weighted by Crippen LogP contribution is 2.16. The van der Waals surface area contributed by atoms with Gasteiger partial charge in [0.2, 0.25) is 23.6 Å². The molecular formula is C39H54N4O8. The molecule has 5 N–H and O–H groups in total. The Morgan fingerprint density at radius 2 is 1.37 bits per heavy atom. The van der Waals surface area contributed by atoms with E-state index in [1.54, 1.807) is 0 Å². The van der Waals surface area contributed by atoms with Crippen LogP contribution < -0.4 is 21.3 Å². The van der Waals surface area contributed by atoms with Crippen LogP contribution in [0.1, 0.15) is 103 Å². The quantitative estimate of drug-likeness (QED) is 0.0681. The molecule has 3 atom stereocenters. The topological polar surface area (TPSA) is 188 Å². The van der Waals surface area contributed by atoms with Gasteiger partial charge >= 0.3 is 5.97 Å². The number of hydrogen-bond acceptors (Lipinski definition) is 7. The van der Waals surface area contributed by atoms with Crippen LogP contribution in [0.3, 0.4) is 0 Å². The van der Waals surface area contributed by atoms with Crippen molar-refractivity contribution in [1.29, 1.82) is 0 Å². The Kier molecular flexibility index (Phi) is 22.4. The molecule has 0 saturated heterocycles. The predicted octanol–water partition coefficient (Wildman–Crippen LogP) is 3.26. The number of carboxylic acid groups (broad SMARTS) is 1. The molecule has 1 aromatic rings. The molecule has 4 amide bonds. The summed E-state index contributed by atoms with van der Waals surface area (Å²) in [5, 5.41) is 20.2. The molecule has 278 valence electrons. The van der Waals surface area contributed by atoms with Crippen LogP contribution in [0.15, 0.2) is 30.3 Å². The lowest BCUT2D eigenvalue weighted by atomic mass is 9.91. The Labute approximate surface area is 302 Å². The van der Waals surface area contributed by atoms with E-state index in [2.05, 4.69) is 33.1 Å². The van der Waals surface area contributed by atoms with Gasteiger partial charge in [0, 0.05) is 57.4 Å². The molecule has 12 heteroatoms. The maximum atomic E-state index is 13.6. The van der Waals surface area contributed by atoms with Crippen LogP contribution in [0, 0.1) is 36.5 Å². The first-order chi connectivity index (χ1) is 24.4. The van der Waals surface area contributed by atoms with E-state index in [9.17, 15) is 38.7 Å². The van der Waals surface area contributed by atoms with Crippen LogP contribution in [-0.4, -0.2) is 71.4 Å². The Bertz CT molecular complexity index is 1380. The lowest BCUT2D eigenvalue weighted by Crippen LogP contribution is -2.46. The molecule has 0 heterocycles. The molecule has 0 aromatic heterocycles. The van der Waals surface area contributed by atoms with Crippen molar-refractivity contribution in [2.75, 3.05) is 13.1 Å². The van der Waals surface area contributed by atoms with Crippen molar-refractivity contribution in [2.45, 2.75) is 116 Å². The molecule has 0 aliphatic carbocycles. The monoisotopic (exact) mass is 706 g/mol. The third-order valence-corrected chi connectivity index (χ3v) is 7.99. The van der Waals surface area contributed by atoms with Crippen molar-refractivity contribution in [3.05, 3.63) is 35.9 Å². The Morgan fingerprint density at radius 3 is 1.96 bits per heavy atom. The number of rotatable bonds is 27. The third-order valence-electron chi connectivity index (χ3n) is 7.99. The Balaban J connectivity index is 2.78. The highest BCUT2D eigenvalue weighted by atomic mass is 16.4. The second kappa shape index (κ2) is 25.9. The summed E-state index contributed by atoms with van der Waals surface area (Å²) in [5.41, 5.74) is 0.820. The zero-order chi connectivity index (χ0) is 38.0. The average molecular weight is 707 g/mol. The molecule has 0 aliphatic heterocycles. The summed E-state index contributed by atoms with van der Waals surface area (Å²) in [6.07, 6.45) is 13.9. The normalized spacial score (nSPS) is 12.3. The second-order valence-electron chi connectivity index (χ2n) is 13.0. The van der Waals surface area contributed by atoms with Crippen molar-refractivity contribution >= 4 is 41.2 Å². The van der Waals surface area contributed by atoms with E-state index in [-0.39, 0.29) is 74.4 Å². The number of nitrogens with one attached hydrogen (secondary N) is 4. The van der Waals surface area contributed by atoms with E-state index < -0.39 is 35.8 Å². The van der Waals surface area contributed by atoms with Gasteiger partial charge in [0.1, 0.15) is 6.04 Å². The number of benzene rings is 1. The molecule has 0 aliphatic rings. The van der Waals surface area contributed by atoms with Gasteiger partial charge in [-0.15, -0.1) is 24.7 Å². The minimum Gasteiger partial charge on any atom is -0.480 e. The van der Waals surface area contributed by atoms with E-state index in [4.69, 9.17) is 12.8 Å². The van der Waals surface area contributed by atoms with Gasteiger partial charge in [-0.2, -0.15) is 0 Å². The van der Waals surface area contributed by atoms with Gasteiger partial charge in [0.05, 0.1) is 12.6 Å². The van der Waals surface area contributed by atoms with E-state index in [0.717, 1.165) is 5.56 Å². The molecule has 0 fully saturated rings. The van der Waals surface area contributed by atoms with Gasteiger partial charge in [-0.25, -0.2) is 4.79 Å². The largest absolute Gasteiger partial charge is 0.480 e. The van der Waals surface area contributed by atoms with Crippen molar-refractivity contribution in [2.24, 2.45) is 11.8 Å². The van der Waals surface area contributed by atoms with Crippen LogP contribution in [0.5, 0.6) is 0 Å². The highest BCUT2D eigenvalue weighted by molar-refractivity contribution is 5.94. The molecular weight excluding hydrogens is 652 g/mol. The summed E-state index contributed by atoms with van der Waals surface area (Å²) < 4.78 is 0. The zero-order valence-corrected chi connectivity index (χ0v) is 30.0. The number of carboxylic acids is 1. The van der Waals surface area contributed by atoms with Crippen LogP contribution in [0.4, 0.5) is 0 Å². The number of Topliss-reactive ketones (excluding diaryl/α,β-unsaturated/α-hetero) is 2. The van der Waals surface area contributed by atoms with Gasteiger partial charge in [-0.3, -0.25) is 28.8 Å². The lowest BCUT2D eigenvalue weighted by Gasteiger charge is -2.23. The summed E-state index contributed by atoms with van der Waals surface area (Å²) in [6, 6.07) is 7.05. The van der Waals surface area contributed by atoms with Crippen LogP contribution in [0.25, 0.3) is 0 Å². The molecule has 0 saturated carbocycles. The third kappa shape index (κ3) is 21.0. The number of ketones is 2. The summed E-state index contributed by atoms with van der Waals surface area (Å²) in [7, 11) is 0. The summed E-state index contributed by atoms with van der Waals surface area (Å²) in [6.45, 7) is 3.91. The Hall–Kier alpha value is -4.97. The number of hydrogen-bond donors (Lipinski definition) is 5. The van der Waals surface area contributed by atoms with Gasteiger partial charge in [-0.05, 0) is 56.4 Å². The lowest BCUT2D eigenvalue weighted by molar-refractivity contribution is -0.142. The molecule has 0 bridgehead atoms. The molecule has 51 heavy (non-hydrogen) atoms. The summed E-state index contributed by atoms with van der Waals surface area (Å²) >= 11 is 0. The fourth-order valence-corrected chi connectivity index (χ4v) is 5.25. The second-order valence-corrected chi connectivity index (χ2v) is 13.0. The minimum absolute atomic E-state index is 0.0103. The number of terminal acetylenes is 2. The maximum absolute atomic E-state index is 13.6.